The molecule has 30 heavy (non-hydrogen) atoms. The minimum Gasteiger partial charge on any atom is -0.324 e. The number of nitrogens with zero attached hydrogens (tertiary/aromatic N) is 2. The molecule has 158 valence electrons. The predicted octanol–water partition coefficient (Wildman–Crippen LogP) is 4.94. The molecule has 3 rings (SSSR count). The lowest BCUT2D eigenvalue weighted by atomic mass is 10.1. The summed E-state index contributed by atoms with van der Waals surface area (Å²) in [4.78, 5) is 29.1. The van der Waals surface area contributed by atoms with Crippen LogP contribution in [0.4, 0.5) is 18.9 Å². The van der Waals surface area contributed by atoms with Crippen molar-refractivity contribution in [2.24, 2.45) is 0 Å². The van der Waals surface area contributed by atoms with Crippen molar-refractivity contribution in [3.63, 3.8) is 0 Å². The first-order valence-corrected chi connectivity index (χ1v) is 10.2. The smallest absolute Gasteiger partial charge is 0.324 e. The van der Waals surface area contributed by atoms with Crippen LogP contribution in [-0.2, 0) is 17.5 Å². The maximum atomic E-state index is 13.6. The third-order valence-corrected chi connectivity index (χ3v) is 5.80. The number of aromatic nitrogens is 2. The van der Waals surface area contributed by atoms with Crippen molar-refractivity contribution < 1.29 is 18.0 Å². The molecule has 1 N–H and O–H groups in total. The summed E-state index contributed by atoms with van der Waals surface area (Å²) in [5.41, 5.74) is -0.840. The number of hydrogen-bond acceptors (Lipinski definition) is 4. The minimum absolute atomic E-state index is 0.165. The number of carbonyl (C=O) groups is 1. The van der Waals surface area contributed by atoms with Gasteiger partial charge in [-0.15, -0.1) is 11.8 Å². The van der Waals surface area contributed by atoms with Crippen LogP contribution < -0.4 is 10.9 Å². The molecular weight excluding hydrogens is 415 g/mol. The molecule has 0 fully saturated rings. The molecule has 0 radical (unpaired) electrons. The minimum atomic E-state index is -4.63. The molecule has 5 nitrogen and oxygen atoms in total. The fourth-order valence-electron chi connectivity index (χ4n) is 2.87. The van der Waals surface area contributed by atoms with Gasteiger partial charge in [0.25, 0.3) is 5.56 Å². The molecule has 1 amide bonds. The van der Waals surface area contributed by atoms with Crippen molar-refractivity contribution in [2.45, 2.75) is 43.1 Å². The summed E-state index contributed by atoms with van der Waals surface area (Å²) in [6.07, 6.45) is -2.73. The molecule has 0 aliphatic heterocycles. The first kappa shape index (κ1) is 21.9. The average molecular weight is 435 g/mol. The highest BCUT2D eigenvalue weighted by molar-refractivity contribution is 7.99. The third-order valence-electron chi connectivity index (χ3n) is 4.54. The number of rotatable bonds is 6. The summed E-state index contributed by atoms with van der Waals surface area (Å²) < 4.78 is 41.9. The number of hydrogen-bond donors (Lipinski definition) is 1. The van der Waals surface area contributed by atoms with Crippen LogP contribution in [0.25, 0.3) is 11.0 Å². The first-order valence-electron chi connectivity index (χ1n) is 9.31. The van der Waals surface area contributed by atoms with E-state index in [-0.39, 0.29) is 10.9 Å². The summed E-state index contributed by atoms with van der Waals surface area (Å²) in [6.45, 7) is 3.47. The Morgan fingerprint density at radius 2 is 1.97 bits per heavy atom. The number of nitrogens with one attached hydrogen (secondary N) is 1. The SMILES string of the molecule is CCC(C)Sc1ccc(NC(=O)Cn2c(=O)cnc3ccccc32)c(C(F)(F)F)c1. The van der Waals surface area contributed by atoms with Gasteiger partial charge in [-0.05, 0) is 36.8 Å². The van der Waals surface area contributed by atoms with E-state index in [9.17, 15) is 22.8 Å². The molecule has 0 spiro atoms. The zero-order valence-electron chi connectivity index (χ0n) is 16.4. The van der Waals surface area contributed by atoms with Crippen molar-refractivity contribution in [3.05, 3.63) is 64.6 Å². The fraction of sp³-hybridized carbons (Fsp3) is 0.286. The van der Waals surface area contributed by atoms with Gasteiger partial charge in [-0.2, -0.15) is 13.2 Å². The van der Waals surface area contributed by atoms with Crippen LogP contribution >= 0.6 is 11.8 Å². The lowest BCUT2D eigenvalue weighted by Crippen LogP contribution is -2.28. The van der Waals surface area contributed by atoms with E-state index >= 15 is 0 Å². The van der Waals surface area contributed by atoms with Gasteiger partial charge in [0, 0.05) is 10.1 Å². The molecule has 0 saturated carbocycles. The largest absolute Gasteiger partial charge is 0.418 e. The van der Waals surface area contributed by atoms with E-state index in [0.29, 0.717) is 15.9 Å². The van der Waals surface area contributed by atoms with E-state index in [1.54, 1.807) is 30.3 Å². The Morgan fingerprint density at radius 3 is 2.67 bits per heavy atom. The summed E-state index contributed by atoms with van der Waals surface area (Å²) in [7, 11) is 0. The summed E-state index contributed by atoms with van der Waals surface area (Å²) in [5.74, 6) is -0.735. The second kappa shape index (κ2) is 8.91. The Balaban J connectivity index is 1.88. The van der Waals surface area contributed by atoms with Gasteiger partial charge < -0.3 is 5.32 Å². The van der Waals surface area contributed by atoms with Crippen LogP contribution in [0.15, 0.2) is 58.4 Å². The van der Waals surface area contributed by atoms with Gasteiger partial charge in [-0.25, -0.2) is 4.98 Å². The highest BCUT2D eigenvalue weighted by Crippen LogP contribution is 2.38. The van der Waals surface area contributed by atoms with Crippen molar-refractivity contribution in [3.8, 4) is 0 Å². The lowest BCUT2D eigenvalue weighted by Gasteiger charge is -2.17. The maximum absolute atomic E-state index is 13.6. The topological polar surface area (TPSA) is 64.0 Å². The number of amides is 1. The number of alkyl halides is 3. The Morgan fingerprint density at radius 1 is 1.23 bits per heavy atom. The Hall–Kier alpha value is -2.81. The second-order valence-corrected chi connectivity index (χ2v) is 8.27. The van der Waals surface area contributed by atoms with Gasteiger partial charge in [0.15, 0.2) is 0 Å². The van der Waals surface area contributed by atoms with Gasteiger partial charge in [0.1, 0.15) is 6.54 Å². The van der Waals surface area contributed by atoms with Crippen LogP contribution in [-0.4, -0.2) is 20.7 Å². The summed E-state index contributed by atoms with van der Waals surface area (Å²) >= 11 is 1.34. The van der Waals surface area contributed by atoms with Crippen molar-refractivity contribution >= 4 is 34.4 Å². The number of para-hydroxylation sites is 2. The summed E-state index contributed by atoms with van der Waals surface area (Å²) in [6, 6.07) is 10.6. The quantitative estimate of drug-likeness (QED) is 0.557. The van der Waals surface area contributed by atoms with Crippen LogP contribution in [0.5, 0.6) is 0 Å². The molecule has 1 heterocycles. The van der Waals surface area contributed by atoms with E-state index in [4.69, 9.17) is 0 Å². The highest BCUT2D eigenvalue weighted by Gasteiger charge is 2.34. The van der Waals surface area contributed by atoms with Crippen molar-refractivity contribution in [1.82, 2.24) is 9.55 Å². The number of thioether (sulfide) groups is 1. The van der Waals surface area contributed by atoms with Crippen LogP contribution in [0.1, 0.15) is 25.8 Å². The molecule has 3 aromatic rings. The number of halogens is 3. The Bertz CT molecular complexity index is 1130. The van der Waals surface area contributed by atoms with E-state index in [0.717, 1.165) is 18.7 Å². The monoisotopic (exact) mass is 435 g/mol. The van der Waals surface area contributed by atoms with Gasteiger partial charge in [-0.3, -0.25) is 14.2 Å². The number of fused-ring (bicyclic) bond motifs is 1. The molecule has 2 aromatic carbocycles. The van der Waals surface area contributed by atoms with Crippen LogP contribution in [0.2, 0.25) is 0 Å². The zero-order chi connectivity index (χ0) is 21.9. The predicted molar refractivity (Wildman–Crippen MR) is 112 cm³/mol. The number of anilines is 1. The average Bonchev–Trinajstić information content (AvgIpc) is 2.70. The Labute approximate surface area is 175 Å². The highest BCUT2D eigenvalue weighted by atomic mass is 32.2. The normalized spacial score (nSPS) is 12.7. The van der Waals surface area contributed by atoms with E-state index < -0.39 is 29.8 Å². The number of carbonyl (C=O) groups excluding carboxylic acids is 1. The standard InChI is InChI=1S/C21H20F3N3O2S/c1-3-13(2)30-14-8-9-16(15(10-14)21(22,23)24)26-19(28)12-27-18-7-5-4-6-17(18)25-11-20(27)29/h4-11,13H,3,12H2,1-2H3,(H,26,28). The second-order valence-electron chi connectivity index (χ2n) is 6.76. The van der Waals surface area contributed by atoms with E-state index in [2.05, 4.69) is 10.3 Å². The molecule has 9 heteroatoms. The van der Waals surface area contributed by atoms with E-state index in [1.165, 1.54) is 22.4 Å². The van der Waals surface area contributed by atoms with E-state index in [1.807, 2.05) is 13.8 Å². The number of benzene rings is 2. The van der Waals surface area contributed by atoms with Crippen LogP contribution in [0, 0.1) is 0 Å². The lowest BCUT2D eigenvalue weighted by molar-refractivity contribution is -0.137. The fourth-order valence-corrected chi connectivity index (χ4v) is 3.83. The third kappa shape index (κ3) is 5.02. The van der Waals surface area contributed by atoms with Gasteiger partial charge >= 0.3 is 6.18 Å². The molecule has 1 atom stereocenters. The van der Waals surface area contributed by atoms with Crippen LogP contribution in [0.3, 0.4) is 0 Å². The molecule has 0 aliphatic carbocycles. The zero-order valence-corrected chi connectivity index (χ0v) is 17.2. The summed E-state index contributed by atoms with van der Waals surface area (Å²) in [5, 5.41) is 2.47. The maximum Gasteiger partial charge on any atom is 0.418 e. The molecule has 1 unspecified atom stereocenters. The molecule has 0 bridgehead atoms. The van der Waals surface area contributed by atoms with Gasteiger partial charge in [-0.1, -0.05) is 26.0 Å². The van der Waals surface area contributed by atoms with Gasteiger partial charge in [0.2, 0.25) is 5.91 Å². The van der Waals surface area contributed by atoms with Gasteiger partial charge in [0.05, 0.1) is 28.5 Å². The molecule has 0 aliphatic rings. The van der Waals surface area contributed by atoms with Crippen molar-refractivity contribution in [2.75, 3.05) is 5.32 Å². The Kier molecular flexibility index (Phi) is 6.50. The van der Waals surface area contributed by atoms with Crippen molar-refractivity contribution in [1.29, 1.82) is 0 Å². The first-order chi connectivity index (χ1) is 14.2. The molecule has 0 saturated heterocycles. The molecule has 1 aromatic heterocycles. The molecular formula is C21H20F3N3O2S.